The first-order valence-electron chi connectivity index (χ1n) is 5.12. The average Bonchev–Trinajstić information content (AvgIpc) is 2.64. The Morgan fingerprint density at radius 2 is 2.40 bits per heavy atom. The number of nitrogens with zero attached hydrogens (tertiary/aromatic N) is 1. The maximum atomic E-state index is 12.0. The molecule has 0 bridgehead atoms. The highest BCUT2D eigenvalue weighted by Gasteiger charge is 2.32. The number of carbonyl (C=O) groups is 2. The second kappa shape index (κ2) is 4.40. The van der Waals surface area contributed by atoms with Gasteiger partial charge in [0.25, 0.3) is 5.24 Å². The van der Waals surface area contributed by atoms with Gasteiger partial charge in [-0.25, -0.2) is 0 Å². The number of rotatable bonds is 1. The molecule has 84 valence electrons. The number of hydrogen-bond donors (Lipinski definition) is 2. The van der Waals surface area contributed by atoms with Crippen molar-refractivity contribution >= 4 is 22.9 Å². The van der Waals surface area contributed by atoms with Gasteiger partial charge < -0.3 is 15.5 Å². The zero-order chi connectivity index (χ0) is 10.8. The van der Waals surface area contributed by atoms with Crippen LogP contribution < -0.4 is 10.6 Å². The third kappa shape index (κ3) is 2.43. The summed E-state index contributed by atoms with van der Waals surface area (Å²) in [6, 6.07) is 0.0280. The molecule has 6 heteroatoms. The summed E-state index contributed by atoms with van der Waals surface area (Å²) in [7, 11) is 0. The monoisotopic (exact) mass is 229 g/mol. The lowest BCUT2D eigenvalue weighted by atomic mass is 10.2. The second-order valence-electron chi connectivity index (χ2n) is 3.93. The fourth-order valence-electron chi connectivity index (χ4n) is 1.87. The molecule has 2 aliphatic heterocycles. The van der Waals surface area contributed by atoms with E-state index in [0.29, 0.717) is 11.8 Å². The molecule has 0 aromatic carbocycles. The Bertz CT molecular complexity index is 285. The smallest absolute Gasteiger partial charge is 0.279 e. The first-order chi connectivity index (χ1) is 7.16. The predicted molar refractivity (Wildman–Crippen MR) is 58.8 cm³/mol. The summed E-state index contributed by atoms with van der Waals surface area (Å²) in [5.74, 6) is 0.623. The highest BCUT2D eigenvalue weighted by molar-refractivity contribution is 8.14. The normalized spacial score (nSPS) is 31.5. The van der Waals surface area contributed by atoms with Crippen molar-refractivity contribution in [1.29, 1.82) is 0 Å². The van der Waals surface area contributed by atoms with Gasteiger partial charge in [-0.15, -0.1) is 0 Å². The zero-order valence-electron chi connectivity index (χ0n) is 8.66. The number of carbonyl (C=O) groups excluding carboxylic acids is 2. The Kier molecular flexibility index (Phi) is 3.16. The molecule has 2 rings (SSSR count). The molecular weight excluding hydrogens is 214 g/mol. The summed E-state index contributed by atoms with van der Waals surface area (Å²) < 4.78 is 0. The van der Waals surface area contributed by atoms with E-state index in [2.05, 4.69) is 17.6 Å². The minimum Gasteiger partial charge on any atom is -0.338 e. The van der Waals surface area contributed by atoms with Crippen molar-refractivity contribution in [3.05, 3.63) is 0 Å². The number of hydrogen-bond acceptors (Lipinski definition) is 4. The quantitative estimate of drug-likeness (QED) is 0.644. The van der Waals surface area contributed by atoms with E-state index in [1.807, 2.05) is 4.90 Å². The zero-order valence-corrected chi connectivity index (χ0v) is 9.47. The van der Waals surface area contributed by atoms with Gasteiger partial charge >= 0.3 is 0 Å². The summed E-state index contributed by atoms with van der Waals surface area (Å²) in [6.07, 6.45) is 0. The molecule has 1 unspecified atom stereocenters. The van der Waals surface area contributed by atoms with Crippen LogP contribution in [0, 0.1) is 0 Å². The van der Waals surface area contributed by atoms with Gasteiger partial charge in [0, 0.05) is 31.4 Å². The highest BCUT2D eigenvalue weighted by Crippen LogP contribution is 2.15. The largest absolute Gasteiger partial charge is 0.338 e. The molecular formula is C9H15N3O2S. The topological polar surface area (TPSA) is 61.4 Å². The molecule has 5 nitrogen and oxygen atoms in total. The fourth-order valence-corrected chi connectivity index (χ4v) is 2.64. The second-order valence-corrected chi connectivity index (χ2v) is 4.93. The van der Waals surface area contributed by atoms with Crippen molar-refractivity contribution in [2.75, 3.05) is 25.4 Å². The first-order valence-corrected chi connectivity index (χ1v) is 6.11. The molecule has 15 heavy (non-hydrogen) atoms. The Morgan fingerprint density at radius 3 is 3.00 bits per heavy atom. The maximum Gasteiger partial charge on any atom is 0.279 e. The van der Waals surface area contributed by atoms with Crippen LogP contribution in [0.25, 0.3) is 0 Å². The van der Waals surface area contributed by atoms with Crippen LogP contribution in [-0.2, 0) is 4.79 Å². The van der Waals surface area contributed by atoms with Gasteiger partial charge in [0.1, 0.15) is 6.04 Å². The molecule has 0 aromatic rings. The minimum absolute atomic E-state index is 0.0571. The van der Waals surface area contributed by atoms with E-state index in [0.717, 1.165) is 19.6 Å². The third-order valence-electron chi connectivity index (χ3n) is 2.65. The summed E-state index contributed by atoms with van der Waals surface area (Å²) in [5, 5.41) is 5.87. The van der Waals surface area contributed by atoms with Crippen LogP contribution in [0.1, 0.15) is 6.92 Å². The van der Waals surface area contributed by atoms with Gasteiger partial charge in [-0.2, -0.15) is 0 Å². The van der Waals surface area contributed by atoms with Crippen LogP contribution in [0.5, 0.6) is 0 Å². The molecule has 2 N–H and O–H groups in total. The Labute approximate surface area is 93.0 Å². The number of nitrogens with one attached hydrogen (secondary N) is 2. The number of thioether (sulfide) groups is 1. The summed E-state index contributed by atoms with van der Waals surface area (Å²) in [6.45, 7) is 4.36. The van der Waals surface area contributed by atoms with E-state index in [1.54, 1.807) is 0 Å². The SMILES string of the molecule is C[C@H]1CN(C(=O)C2CSC(=O)N2)CCN1. The Balaban J connectivity index is 1.92. The fraction of sp³-hybridized carbons (Fsp3) is 0.778. The predicted octanol–water partition coefficient (Wildman–Crippen LogP) is -0.368. The van der Waals surface area contributed by atoms with Gasteiger partial charge in [0.2, 0.25) is 5.91 Å². The summed E-state index contributed by atoms with van der Waals surface area (Å²) in [4.78, 5) is 24.8. The third-order valence-corrected chi connectivity index (χ3v) is 3.53. The maximum absolute atomic E-state index is 12.0. The van der Waals surface area contributed by atoms with Gasteiger partial charge in [-0.3, -0.25) is 9.59 Å². The van der Waals surface area contributed by atoms with Crippen LogP contribution in [0.4, 0.5) is 4.79 Å². The van der Waals surface area contributed by atoms with Crippen molar-refractivity contribution in [2.45, 2.75) is 19.0 Å². The summed E-state index contributed by atoms with van der Waals surface area (Å²) >= 11 is 1.19. The minimum atomic E-state index is -0.312. The molecule has 0 aliphatic carbocycles. The molecule has 2 aliphatic rings. The van der Waals surface area contributed by atoms with Crippen molar-refractivity contribution < 1.29 is 9.59 Å². The standard InChI is InChI=1S/C9H15N3O2S/c1-6-4-12(3-2-10-6)8(13)7-5-15-9(14)11-7/h6-7,10H,2-5H2,1H3,(H,11,14)/t6-,7?/m0/s1. The molecule has 2 saturated heterocycles. The van der Waals surface area contributed by atoms with Gasteiger partial charge in [0.05, 0.1) is 0 Å². The van der Waals surface area contributed by atoms with Crippen LogP contribution in [-0.4, -0.2) is 53.5 Å². The van der Waals surface area contributed by atoms with E-state index >= 15 is 0 Å². The molecule has 2 fully saturated rings. The molecule has 2 amide bonds. The summed E-state index contributed by atoms with van der Waals surface area (Å²) in [5.41, 5.74) is 0. The molecule has 0 saturated carbocycles. The van der Waals surface area contributed by atoms with Crippen LogP contribution in [0.15, 0.2) is 0 Å². The van der Waals surface area contributed by atoms with Gasteiger partial charge in [-0.1, -0.05) is 11.8 Å². The lowest BCUT2D eigenvalue weighted by molar-refractivity contribution is -0.133. The Morgan fingerprint density at radius 1 is 1.60 bits per heavy atom. The highest BCUT2D eigenvalue weighted by atomic mass is 32.2. The van der Waals surface area contributed by atoms with E-state index < -0.39 is 0 Å². The molecule has 2 atom stereocenters. The van der Waals surface area contributed by atoms with E-state index in [-0.39, 0.29) is 17.2 Å². The van der Waals surface area contributed by atoms with Crippen LogP contribution >= 0.6 is 11.8 Å². The van der Waals surface area contributed by atoms with E-state index in [1.165, 1.54) is 11.8 Å². The van der Waals surface area contributed by atoms with Crippen molar-refractivity contribution in [3.8, 4) is 0 Å². The lowest BCUT2D eigenvalue weighted by Crippen LogP contribution is -2.55. The number of amides is 2. The molecule has 0 spiro atoms. The average molecular weight is 229 g/mol. The van der Waals surface area contributed by atoms with Gasteiger partial charge in [0.15, 0.2) is 0 Å². The van der Waals surface area contributed by atoms with E-state index in [9.17, 15) is 9.59 Å². The van der Waals surface area contributed by atoms with Crippen LogP contribution in [0.2, 0.25) is 0 Å². The molecule has 2 heterocycles. The number of piperazine rings is 1. The first kappa shape index (κ1) is 10.8. The molecule has 0 radical (unpaired) electrons. The van der Waals surface area contributed by atoms with E-state index in [4.69, 9.17) is 0 Å². The molecule has 0 aromatic heterocycles. The van der Waals surface area contributed by atoms with Crippen molar-refractivity contribution in [1.82, 2.24) is 15.5 Å². The van der Waals surface area contributed by atoms with Crippen molar-refractivity contribution in [2.24, 2.45) is 0 Å². The van der Waals surface area contributed by atoms with Crippen molar-refractivity contribution in [3.63, 3.8) is 0 Å². The lowest BCUT2D eigenvalue weighted by Gasteiger charge is -2.33. The Hall–Kier alpha value is -0.750. The van der Waals surface area contributed by atoms with Gasteiger partial charge in [-0.05, 0) is 6.92 Å². The van der Waals surface area contributed by atoms with Crippen LogP contribution in [0.3, 0.4) is 0 Å².